The largest absolute Gasteiger partial charge is 0.456 e. The Morgan fingerprint density at radius 3 is 1.53 bits per heavy atom. The van der Waals surface area contributed by atoms with Crippen LogP contribution >= 0.6 is 0 Å². The first-order chi connectivity index (χ1) is 29.0. The second-order valence-electron chi connectivity index (χ2n) is 10.4. The molecule has 45 heavy (non-hydrogen) atoms. The first-order valence-electron chi connectivity index (χ1n) is 22.1. The molecule has 1 aromatic heterocycles. The number of para-hydroxylation sites is 1. The van der Waals surface area contributed by atoms with Crippen molar-refractivity contribution < 1.29 is 26.3 Å². The molecule has 0 aliphatic carbocycles. The molecule has 0 radical (unpaired) electrons. The Kier molecular flexibility index (Phi) is 3.28. The van der Waals surface area contributed by atoms with E-state index in [4.69, 9.17) is 23.6 Å². The molecule has 0 saturated heterocycles. The van der Waals surface area contributed by atoms with Crippen LogP contribution in [0.1, 0.15) is 21.9 Å². The number of furan rings is 1. The van der Waals surface area contributed by atoms with Crippen molar-refractivity contribution in [3.05, 3.63) is 169 Å². The Balaban J connectivity index is 1.50. The summed E-state index contributed by atoms with van der Waals surface area (Å²) in [6, 6.07) is 12.2. The van der Waals surface area contributed by atoms with Gasteiger partial charge in [-0.05, 0) is 84.2 Å². The first kappa shape index (κ1) is 14.2. The molecule has 1 heterocycles. The molecule has 1 nitrogen and oxygen atoms in total. The summed E-state index contributed by atoms with van der Waals surface area (Å²) in [6.07, 6.45) is 0. The van der Waals surface area contributed by atoms with Crippen LogP contribution in [-0.4, -0.2) is 0 Å². The van der Waals surface area contributed by atoms with Crippen molar-refractivity contribution >= 4 is 43.5 Å². The minimum atomic E-state index is -0.701. The van der Waals surface area contributed by atoms with Crippen molar-refractivity contribution in [2.75, 3.05) is 0 Å². The summed E-state index contributed by atoms with van der Waals surface area (Å²) in [6.45, 7) is 0. The Bertz CT molecular complexity index is 3330. The Hall–Kier alpha value is -5.92. The smallest absolute Gasteiger partial charge is 0.136 e. The average molecular weight is 589 g/mol. The summed E-state index contributed by atoms with van der Waals surface area (Å²) < 4.78 is 147. The third kappa shape index (κ3) is 4.09. The molecule has 9 rings (SSSR count). The molecule has 0 bridgehead atoms. The van der Waals surface area contributed by atoms with Crippen molar-refractivity contribution in [2.24, 2.45) is 0 Å². The second kappa shape index (κ2) is 10.4. The van der Waals surface area contributed by atoms with Crippen LogP contribution in [0.2, 0.25) is 0 Å². The van der Waals surface area contributed by atoms with E-state index in [0.717, 1.165) is 0 Å². The van der Waals surface area contributed by atoms with E-state index in [0.29, 0.717) is 43.8 Å². The molecular formula is C44H28O. The summed E-state index contributed by atoms with van der Waals surface area (Å²) >= 11 is 0. The minimum Gasteiger partial charge on any atom is -0.456 e. The molecule has 0 saturated carbocycles. The lowest BCUT2D eigenvalue weighted by molar-refractivity contribution is 0.669. The summed E-state index contributed by atoms with van der Waals surface area (Å²) in [7, 11) is 0. The topological polar surface area (TPSA) is 13.1 Å². The second-order valence-corrected chi connectivity index (χ2v) is 10.4. The number of hydrogen-bond acceptors (Lipinski definition) is 1. The molecular weight excluding hydrogens is 544 g/mol. The molecule has 8 aromatic carbocycles. The zero-order chi connectivity index (χ0) is 43.7. The summed E-state index contributed by atoms with van der Waals surface area (Å²) in [5.41, 5.74) is 0.379. The van der Waals surface area contributed by atoms with Crippen molar-refractivity contribution in [3.8, 4) is 44.5 Å². The fourth-order valence-electron chi connectivity index (χ4n) is 6.16. The number of rotatable bonds is 4. The molecule has 9 aromatic rings. The molecule has 0 atom stereocenters. The zero-order valence-electron chi connectivity index (χ0n) is 39.3. The quantitative estimate of drug-likeness (QED) is 0.186. The summed E-state index contributed by atoms with van der Waals surface area (Å²) in [5.74, 6) is 0. The number of benzene rings is 8. The van der Waals surface area contributed by atoms with Crippen molar-refractivity contribution in [1.29, 1.82) is 0 Å². The Morgan fingerprint density at radius 1 is 0.378 bits per heavy atom. The van der Waals surface area contributed by atoms with Crippen LogP contribution in [0.25, 0.3) is 88.0 Å². The first-order valence-corrected chi connectivity index (χ1v) is 14.1. The maximum Gasteiger partial charge on any atom is 0.136 e. The SMILES string of the molecule is [2H]c1c([2H])c([2H])c(-c2ccccc2-c2c3ccccc3c(-c3c([2H])c(-c4c([2H])c([2H])c([2H])c([2H])c4[2H])c4c(oc5c([2H])c([2H])c([2H])c([2H])c54)c3[2H])c3ccccc23)c([2H])c1[2H]. The Labute approximate surface area is 284 Å². The van der Waals surface area contributed by atoms with Crippen LogP contribution in [-0.2, 0) is 0 Å². The van der Waals surface area contributed by atoms with E-state index in [9.17, 15) is 2.74 Å². The van der Waals surface area contributed by atoms with Crippen LogP contribution in [0.5, 0.6) is 0 Å². The number of fused-ring (bicyclic) bond motifs is 5. The van der Waals surface area contributed by atoms with Crippen LogP contribution in [0.4, 0.5) is 0 Å². The summed E-state index contributed by atoms with van der Waals surface area (Å²) in [4.78, 5) is 0. The van der Waals surface area contributed by atoms with E-state index >= 15 is 0 Å². The van der Waals surface area contributed by atoms with Crippen LogP contribution < -0.4 is 0 Å². The molecule has 0 aliphatic heterocycles. The van der Waals surface area contributed by atoms with Gasteiger partial charge >= 0.3 is 0 Å². The fourth-order valence-corrected chi connectivity index (χ4v) is 6.16. The third-order valence-electron chi connectivity index (χ3n) is 7.97. The third-order valence-corrected chi connectivity index (χ3v) is 7.97. The lowest BCUT2D eigenvalue weighted by Crippen LogP contribution is -1.93. The van der Waals surface area contributed by atoms with E-state index in [1.165, 1.54) is 0 Å². The molecule has 1 heteroatoms. The maximum absolute atomic E-state index is 10.0. The fraction of sp³-hybridized carbons (Fsp3) is 0. The van der Waals surface area contributed by atoms with Crippen molar-refractivity contribution in [1.82, 2.24) is 0 Å². The highest BCUT2D eigenvalue weighted by atomic mass is 16.3. The van der Waals surface area contributed by atoms with Gasteiger partial charge in [0, 0.05) is 10.8 Å². The average Bonchev–Trinajstić information content (AvgIpc) is 3.67. The normalized spacial score (nSPS) is 16.5. The van der Waals surface area contributed by atoms with E-state index in [2.05, 4.69) is 0 Å². The Morgan fingerprint density at radius 2 is 0.889 bits per heavy atom. The van der Waals surface area contributed by atoms with Crippen molar-refractivity contribution in [2.45, 2.75) is 0 Å². The maximum atomic E-state index is 10.0. The van der Waals surface area contributed by atoms with Gasteiger partial charge in [0.1, 0.15) is 11.2 Å². The van der Waals surface area contributed by atoms with Gasteiger partial charge in [0.05, 0.1) is 21.9 Å². The van der Waals surface area contributed by atoms with Gasteiger partial charge in [0.25, 0.3) is 0 Å². The lowest BCUT2D eigenvalue weighted by Gasteiger charge is -2.20. The molecule has 0 aliphatic rings. The van der Waals surface area contributed by atoms with E-state index in [1.54, 1.807) is 60.7 Å². The van der Waals surface area contributed by atoms with Gasteiger partial charge in [-0.1, -0.05) is 151 Å². The highest BCUT2D eigenvalue weighted by Gasteiger charge is 2.21. The van der Waals surface area contributed by atoms with E-state index < -0.39 is 90.2 Å². The van der Waals surface area contributed by atoms with Gasteiger partial charge in [-0.2, -0.15) is 0 Å². The minimum absolute atomic E-state index is 0.00599. The van der Waals surface area contributed by atoms with Gasteiger partial charge in [-0.25, -0.2) is 0 Å². The molecule has 0 N–H and O–H groups in total. The zero-order valence-corrected chi connectivity index (χ0v) is 23.3. The number of hydrogen-bond donors (Lipinski definition) is 0. The van der Waals surface area contributed by atoms with Gasteiger partial charge < -0.3 is 4.42 Å². The van der Waals surface area contributed by atoms with Crippen molar-refractivity contribution in [3.63, 3.8) is 0 Å². The molecule has 0 unspecified atom stereocenters. The van der Waals surface area contributed by atoms with Gasteiger partial charge in [0.15, 0.2) is 0 Å². The molecule has 210 valence electrons. The highest BCUT2D eigenvalue weighted by Crippen LogP contribution is 2.48. The highest BCUT2D eigenvalue weighted by molar-refractivity contribution is 6.23. The van der Waals surface area contributed by atoms with Crippen LogP contribution in [0, 0.1) is 0 Å². The van der Waals surface area contributed by atoms with E-state index in [-0.39, 0.29) is 50.7 Å². The monoisotopic (exact) mass is 588 g/mol. The standard InChI is InChI=1S/C44H28O/c1-3-15-29(16-4-1)32-19-7-8-20-33(32)43-36-23-11-9-21-34(36)42(35-22-10-12-24-37(35)43)31-27-39(30-17-5-2-6-18-30)44-38-25-13-14-26-40(38)45-41(44)28-31/h1-28H/i1D,2D,3D,4D,5D,6D,13D,14D,15D,16D,17D,18D,25D,26D,27D,28D. The van der Waals surface area contributed by atoms with E-state index in [1.807, 2.05) is 12.1 Å². The van der Waals surface area contributed by atoms with Gasteiger partial charge in [0.2, 0.25) is 0 Å². The predicted molar refractivity (Wildman–Crippen MR) is 190 cm³/mol. The summed E-state index contributed by atoms with van der Waals surface area (Å²) in [5, 5.41) is 1.72. The van der Waals surface area contributed by atoms with Gasteiger partial charge in [-0.15, -0.1) is 0 Å². The predicted octanol–water partition coefficient (Wildman–Crippen LogP) is 12.6. The lowest BCUT2D eigenvalue weighted by atomic mass is 9.83. The molecule has 0 amide bonds. The molecule has 0 fully saturated rings. The molecule has 0 spiro atoms. The van der Waals surface area contributed by atoms with Crippen LogP contribution in [0.15, 0.2) is 174 Å². The van der Waals surface area contributed by atoms with Crippen LogP contribution in [0.3, 0.4) is 0 Å². The van der Waals surface area contributed by atoms with Gasteiger partial charge in [-0.3, -0.25) is 0 Å².